The summed E-state index contributed by atoms with van der Waals surface area (Å²) in [4.78, 5) is 0. The second-order valence-electron chi connectivity index (χ2n) is 4.89. The Labute approximate surface area is 154 Å². The fourth-order valence-electron chi connectivity index (χ4n) is 3.31. The van der Waals surface area contributed by atoms with Gasteiger partial charge in [0.15, 0.2) is 4.08 Å². The van der Waals surface area contributed by atoms with E-state index in [1.54, 1.807) is 11.8 Å². The molecule has 0 aromatic carbocycles. The standard InChI is InChI=1S/C11H10Br2F2S5/c12-7-5-6(8(13)20-7)10(18-3-4-19-10)11(14,15)9(5)16-1-2-17-9/h5,7H,1-4H2. The number of halogens is 4. The number of rotatable bonds is 0. The zero-order chi connectivity index (χ0) is 14.2. The summed E-state index contributed by atoms with van der Waals surface area (Å²) >= 11 is 14.8. The normalized spacial score (nSPS) is 40.2. The van der Waals surface area contributed by atoms with E-state index >= 15 is 8.78 Å². The average molecular weight is 500 g/mol. The van der Waals surface area contributed by atoms with Crippen LogP contribution in [0, 0.1) is 5.92 Å². The second-order valence-corrected chi connectivity index (χ2v) is 14.8. The summed E-state index contributed by atoms with van der Waals surface area (Å²) in [6.45, 7) is 0. The molecule has 4 rings (SSSR count). The van der Waals surface area contributed by atoms with Gasteiger partial charge in [-0.2, -0.15) is 0 Å². The molecule has 0 aromatic rings. The molecule has 3 fully saturated rings. The van der Waals surface area contributed by atoms with Gasteiger partial charge >= 0.3 is 0 Å². The molecule has 2 saturated heterocycles. The van der Waals surface area contributed by atoms with Gasteiger partial charge < -0.3 is 0 Å². The summed E-state index contributed by atoms with van der Waals surface area (Å²) < 4.78 is 30.1. The van der Waals surface area contributed by atoms with Crippen molar-refractivity contribution < 1.29 is 8.78 Å². The van der Waals surface area contributed by atoms with E-state index in [0.717, 1.165) is 32.4 Å². The van der Waals surface area contributed by atoms with Gasteiger partial charge in [0.1, 0.15) is 4.08 Å². The SMILES string of the molecule is FC1(F)C2(SCCS2)C2=C(Br)SC(Br)C2C12SCCS2. The van der Waals surface area contributed by atoms with Crippen molar-refractivity contribution in [3.63, 3.8) is 0 Å². The predicted octanol–water partition coefficient (Wildman–Crippen LogP) is 5.68. The van der Waals surface area contributed by atoms with Gasteiger partial charge in [-0.3, -0.25) is 0 Å². The van der Waals surface area contributed by atoms with E-state index in [-0.39, 0.29) is 10.1 Å². The van der Waals surface area contributed by atoms with Crippen LogP contribution in [0.5, 0.6) is 0 Å². The Bertz CT molecular complexity index is 485. The van der Waals surface area contributed by atoms with Crippen LogP contribution >= 0.6 is 90.7 Å². The Balaban J connectivity index is 1.96. The fraction of sp³-hybridized carbons (Fsp3) is 0.818. The molecule has 20 heavy (non-hydrogen) atoms. The lowest BCUT2D eigenvalue weighted by atomic mass is 10.1. The number of hydrogen-bond acceptors (Lipinski definition) is 5. The van der Waals surface area contributed by atoms with Crippen molar-refractivity contribution in [2.24, 2.45) is 5.92 Å². The van der Waals surface area contributed by atoms with Crippen molar-refractivity contribution in [1.82, 2.24) is 0 Å². The van der Waals surface area contributed by atoms with Gasteiger partial charge in [0.2, 0.25) is 0 Å². The average Bonchev–Trinajstić information content (AvgIpc) is 3.09. The zero-order valence-corrected chi connectivity index (χ0v) is 17.3. The third kappa shape index (κ3) is 1.72. The highest BCUT2D eigenvalue weighted by Crippen LogP contribution is 2.80. The summed E-state index contributed by atoms with van der Waals surface area (Å²) in [5.41, 5.74) is 0.962. The molecule has 0 N–H and O–H groups in total. The highest BCUT2D eigenvalue weighted by atomic mass is 79.9. The van der Waals surface area contributed by atoms with Gasteiger partial charge in [0.05, 0.1) is 7.97 Å². The Kier molecular flexibility index (Phi) is 4.07. The third-order valence-electron chi connectivity index (χ3n) is 4.03. The molecule has 2 atom stereocenters. The van der Waals surface area contributed by atoms with Crippen LogP contribution in [0.2, 0.25) is 0 Å². The van der Waals surface area contributed by atoms with Crippen LogP contribution in [0.25, 0.3) is 0 Å². The van der Waals surface area contributed by atoms with Crippen molar-refractivity contribution in [3.8, 4) is 0 Å². The van der Waals surface area contributed by atoms with E-state index in [0.29, 0.717) is 0 Å². The molecule has 2 spiro atoms. The first-order chi connectivity index (χ1) is 9.46. The van der Waals surface area contributed by atoms with E-state index < -0.39 is 14.1 Å². The molecule has 1 aliphatic carbocycles. The molecule has 4 aliphatic rings. The molecular weight excluding hydrogens is 490 g/mol. The van der Waals surface area contributed by atoms with Crippen molar-refractivity contribution >= 4 is 90.7 Å². The minimum Gasteiger partial charge on any atom is -0.201 e. The first kappa shape index (κ1) is 15.8. The Hall–Kier alpha value is 2.31. The van der Waals surface area contributed by atoms with Crippen LogP contribution in [0.4, 0.5) is 8.78 Å². The van der Waals surface area contributed by atoms with E-state index in [1.165, 1.54) is 47.0 Å². The molecular formula is C11H10Br2F2S5. The van der Waals surface area contributed by atoms with Gasteiger partial charge in [0.25, 0.3) is 5.92 Å². The van der Waals surface area contributed by atoms with Gasteiger partial charge in [0, 0.05) is 28.9 Å². The van der Waals surface area contributed by atoms with E-state index in [2.05, 4.69) is 31.9 Å². The van der Waals surface area contributed by atoms with E-state index in [9.17, 15) is 0 Å². The van der Waals surface area contributed by atoms with Crippen molar-refractivity contribution in [1.29, 1.82) is 0 Å². The first-order valence-corrected chi connectivity index (χ1v) is 12.6. The molecule has 1 saturated carbocycles. The van der Waals surface area contributed by atoms with Crippen molar-refractivity contribution in [2.75, 3.05) is 23.0 Å². The Morgan fingerprint density at radius 1 is 1.00 bits per heavy atom. The Morgan fingerprint density at radius 2 is 1.55 bits per heavy atom. The molecule has 112 valence electrons. The number of thioether (sulfide) groups is 5. The minimum atomic E-state index is -2.68. The van der Waals surface area contributed by atoms with Gasteiger partial charge in [-0.15, -0.1) is 58.8 Å². The van der Waals surface area contributed by atoms with Crippen molar-refractivity contribution in [2.45, 2.75) is 18.2 Å². The molecule has 0 bridgehead atoms. The lowest BCUT2D eigenvalue weighted by molar-refractivity contribution is 0.00134. The lowest BCUT2D eigenvalue weighted by Crippen LogP contribution is -2.49. The predicted molar refractivity (Wildman–Crippen MR) is 100.0 cm³/mol. The Morgan fingerprint density at radius 3 is 2.15 bits per heavy atom. The highest BCUT2D eigenvalue weighted by Gasteiger charge is 2.82. The van der Waals surface area contributed by atoms with Crippen LogP contribution in [0.3, 0.4) is 0 Å². The summed E-state index contributed by atoms with van der Waals surface area (Å²) in [5.74, 6) is 0.533. The largest absolute Gasteiger partial charge is 0.299 e. The fourth-order valence-corrected chi connectivity index (χ4v) is 15.9. The first-order valence-electron chi connectivity index (χ1n) is 6.11. The van der Waals surface area contributed by atoms with Crippen molar-refractivity contribution in [3.05, 3.63) is 9.39 Å². The molecule has 3 aliphatic heterocycles. The smallest absolute Gasteiger partial charge is 0.201 e. The second kappa shape index (κ2) is 5.15. The van der Waals surface area contributed by atoms with Crippen LogP contribution < -0.4 is 0 Å². The summed E-state index contributed by atoms with van der Waals surface area (Å²) in [7, 11) is 0. The monoisotopic (exact) mass is 498 g/mol. The van der Waals surface area contributed by atoms with Crippen LogP contribution in [-0.4, -0.2) is 41.3 Å². The molecule has 0 aromatic heterocycles. The minimum absolute atomic E-state index is 0.0528. The molecule has 0 radical (unpaired) electrons. The molecule has 2 unspecified atom stereocenters. The lowest BCUT2D eigenvalue weighted by Gasteiger charge is -2.38. The number of hydrogen-bond donors (Lipinski definition) is 0. The zero-order valence-electron chi connectivity index (χ0n) is 10.0. The van der Waals surface area contributed by atoms with E-state index in [4.69, 9.17) is 0 Å². The summed E-state index contributed by atoms with van der Waals surface area (Å²) in [5, 5.41) is 0. The number of alkyl halides is 3. The number of fused-ring (bicyclic) bond motifs is 3. The maximum atomic E-state index is 15.6. The van der Waals surface area contributed by atoms with Gasteiger partial charge in [-0.05, 0) is 21.5 Å². The van der Waals surface area contributed by atoms with Crippen LogP contribution in [-0.2, 0) is 0 Å². The quantitative estimate of drug-likeness (QED) is 0.392. The summed E-state index contributed by atoms with van der Waals surface area (Å²) in [6.07, 6.45) is 0. The molecule has 3 heterocycles. The third-order valence-corrected chi connectivity index (χ3v) is 14.2. The van der Waals surface area contributed by atoms with Crippen LogP contribution in [0.15, 0.2) is 9.39 Å². The van der Waals surface area contributed by atoms with Gasteiger partial charge in [-0.1, -0.05) is 15.9 Å². The summed E-state index contributed by atoms with van der Waals surface area (Å²) in [6, 6.07) is 0. The highest BCUT2D eigenvalue weighted by molar-refractivity contribution is 9.15. The topological polar surface area (TPSA) is 0 Å². The maximum absolute atomic E-state index is 15.6. The van der Waals surface area contributed by atoms with Gasteiger partial charge in [-0.25, -0.2) is 8.78 Å². The maximum Gasteiger partial charge on any atom is 0.299 e. The molecule has 0 amide bonds. The molecule has 0 nitrogen and oxygen atoms in total. The van der Waals surface area contributed by atoms with E-state index in [1.807, 2.05) is 0 Å². The van der Waals surface area contributed by atoms with Crippen LogP contribution in [0.1, 0.15) is 0 Å². The molecule has 9 heteroatoms.